The summed E-state index contributed by atoms with van der Waals surface area (Å²) in [6.45, 7) is 1.06. The van der Waals surface area contributed by atoms with Crippen molar-refractivity contribution in [3.63, 3.8) is 0 Å². The molecule has 0 saturated carbocycles. The molecular formula is C16H20N6O3S2. The van der Waals surface area contributed by atoms with Gasteiger partial charge in [0.25, 0.3) is 0 Å². The van der Waals surface area contributed by atoms with Crippen LogP contribution in [0.15, 0.2) is 24.7 Å². The first-order chi connectivity index (χ1) is 12.9. The van der Waals surface area contributed by atoms with Crippen molar-refractivity contribution in [2.45, 2.75) is 18.9 Å². The second kappa shape index (κ2) is 7.06. The first kappa shape index (κ1) is 18.1. The predicted octanol–water partition coefficient (Wildman–Crippen LogP) is 1.70. The van der Waals surface area contributed by atoms with Crippen LogP contribution in [-0.4, -0.2) is 64.8 Å². The average Bonchev–Trinajstić information content (AvgIpc) is 3.21. The van der Waals surface area contributed by atoms with Gasteiger partial charge in [-0.1, -0.05) is 11.3 Å². The van der Waals surface area contributed by atoms with E-state index in [1.165, 1.54) is 21.9 Å². The Balaban J connectivity index is 1.51. The van der Waals surface area contributed by atoms with E-state index in [9.17, 15) is 8.42 Å². The topological polar surface area (TPSA) is 102 Å². The smallest absolute Gasteiger partial charge is 0.214 e. The molecule has 3 aromatic rings. The van der Waals surface area contributed by atoms with Crippen LogP contribution in [0.4, 0.5) is 5.13 Å². The highest BCUT2D eigenvalue weighted by molar-refractivity contribution is 7.88. The third kappa shape index (κ3) is 3.75. The van der Waals surface area contributed by atoms with E-state index in [2.05, 4.69) is 20.4 Å². The summed E-state index contributed by atoms with van der Waals surface area (Å²) >= 11 is 1.47. The maximum Gasteiger partial charge on any atom is 0.214 e. The van der Waals surface area contributed by atoms with Crippen LogP contribution in [0.2, 0.25) is 0 Å². The van der Waals surface area contributed by atoms with Gasteiger partial charge in [-0.05, 0) is 18.9 Å². The van der Waals surface area contributed by atoms with Crippen molar-refractivity contribution in [3.05, 3.63) is 24.7 Å². The number of anilines is 1. The molecule has 1 saturated heterocycles. The zero-order chi connectivity index (χ0) is 19.0. The van der Waals surface area contributed by atoms with E-state index in [1.54, 1.807) is 30.2 Å². The Labute approximate surface area is 161 Å². The Morgan fingerprint density at radius 1 is 1.26 bits per heavy atom. The monoisotopic (exact) mass is 408 g/mol. The number of hydrogen-bond donors (Lipinski definition) is 1. The lowest BCUT2D eigenvalue weighted by Crippen LogP contribution is -2.41. The molecule has 27 heavy (non-hydrogen) atoms. The number of pyridine rings is 1. The summed E-state index contributed by atoms with van der Waals surface area (Å²) in [4.78, 5) is 9.40. The molecule has 4 rings (SSSR count). The largest absolute Gasteiger partial charge is 0.495 e. The molecular weight excluding hydrogens is 388 g/mol. The van der Waals surface area contributed by atoms with Crippen LogP contribution in [0.5, 0.6) is 5.75 Å². The number of nitrogens with zero attached hydrogens (tertiary/aromatic N) is 5. The van der Waals surface area contributed by atoms with Gasteiger partial charge in [-0.2, -0.15) is 0 Å². The molecule has 4 heterocycles. The molecule has 9 nitrogen and oxygen atoms in total. The maximum atomic E-state index is 11.6. The van der Waals surface area contributed by atoms with Gasteiger partial charge in [-0.15, -0.1) is 5.10 Å². The molecule has 0 aromatic carbocycles. The van der Waals surface area contributed by atoms with Crippen LogP contribution in [-0.2, 0) is 10.0 Å². The van der Waals surface area contributed by atoms with Crippen LogP contribution < -0.4 is 10.1 Å². The Bertz CT molecular complexity index is 1050. The summed E-state index contributed by atoms with van der Waals surface area (Å²) in [5.41, 5.74) is 1.72. The van der Waals surface area contributed by atoms with Gasteiger partial charge in [0.1, 0.15) is 5.75 Å². The van der Waals surface area contributed by atoms with E-state index in [-0.39, 0.29) is 6.04 Å². The lowest BCUT2D eigenvalue weighted by atomic mass is 10.1. The minimum Gasteiger partial charge on any atom is -0.495 e. The molecule has 1 N–H and O–H groups in total. The molecule has 1 aliphatic heterocycles. The fraction of sp³-hybridized carbons (Fsp3) is 0.438. The first-order valence-electron chi connectivity index (χ1n) is 8.49. The van der Waals surface area contributed by atoms with Crippen molar-refractivity contribution in [2.75, 3.05) is 31.8 Å². The van der Waals surface area contributed by atoms with Gasteiger partial charge >= 0.3 is 0 Å². The van der Waals surface area contributed by atoms with Gasteiger partial charge in [0.2, 0.25) is 20.1 Å². The van der Waals surface area contributed by atoms with Crippen molar-refractivity contribution >= 4 is 31.5 Å². The third-order valence-electron chi connectivity index (χ3n) is 4.58. The van der Waals surface area contributed by atoms with Gasteiger partial charge in [0.15, 0.2) is 0 Å². The first-order valence-corrected chi connectivity index (χ1v) is 11.2. The van der Waals surface area contributed by atoms with E-state index in [1.807, 2.05) is 6.07 Å². The summed E-state index contributed by atoms with van der Waals surface area (Å²) in [7, 11) is -1.51. The summed E-state index contributed by atoms with van der Waals surface area (Å²) < 4.78 is 31.8. The highest BCUT2D eigenvalue weighted by Gasteiger charge is 2.25. The Morgan fingerprint density at radius 2 is 2.04 bits per heavy atom. The quantitative estimate of drug-likeness (QED) is 0.685. The molecule has 11 heteroatoms. The molecule has 0 bridgehead atoms. The number of hydrogen-bond acceptors (Lipinski definition) is 8. The zero-order valence-electron chi connectivity index (χ0n) is 15.0. The summed E-state index contributed by atoms with van der Waals surface area (Å²) in [6, 6.07) is 2.09. The SMILES string of the molecule is COc1cncc(-c2cnc3sc(NC4CCN(S(C)(=O)=O)CC4)nn23)c1. The minimum absolute atomic E-state index is 0.195. The number of aromatic nitrogens is 4. The number of nitrogens with one attached hydrogen (secondary N) is 1. The van der Waals surface area contributed by atoms with Gasteiger partial charge in [-0.3, -0.25) is 4.98 Å². The highest BCUT2D eigenvalue weighted by Crippen LogP contribution is 2.28. The van der Waals surface area contributed by atoms with Crippen LogP contribution in [0.1, 0.15) is 12.8 Å². The fourth-order valence-electron chi connectivity index (χ4n) is 3.12. The van der Waals surface area contributed by atoms with Crippen molar-refractivity contribution in [1.29, 1.82) is 0 Å². The summed E-state index contributed by atoms with van der Waals surface area (Å²) in [5.74, 6) is 0.675. The van der Waals surface area contributed by atoms with E-state index in [0.717, 1.165) is 34.2 Å². The fourth-order valence-corrected chi connectivity index (χ4v) is 4.85. The number of sulfonamides is 1. The second-order valence-corrected chi connectivity index (χ2v) is 9.38. The van der Waals surface area contributed by atoms with E-state index < -0.39 is 10.0 Å². The molecule has 0 atom stereocenters. The summed E-state index contributed by atoms with van der Waals surface area (Å²) in [6.07, 6.45) is 7.93. The lowest BCUT2D eigenvalue weighted by molar-refractivity contribution is 0.332. The average molecular weight is 409 g/mol. The number of piperidine rings is 1. The Hall–Kier alpha value is -2.24. The van der Waals surface area contributed by atoms with Crippen molar-refractivity contribution in [1.82, 2.24) is 23.9 Å². The normalized spacial score (nSPS) is 16.7. The second-order valence-electron chi connectivity index (χ2n) is 6.44. The van der Waals surface area contributed by atoms with Crippen LogP contribution >= 0.6 is 11.3 Å². The van der Waals surface area contributed by atoms with Gasteiger partial charge < -0.3 is 10.1 Å². The predicted molar refractivity (Wildman–Crippen MR) is 104 cm³/mol. The standard InChI is InChI=1S/C16H20N6O3S2/c1-25-13-7-11(8-17-9-13)14-10-18-16-22(14)20-15(26-16)19-12-3-5-21(6-4-12)27(2,23)24/h7-10,12H,3-6H2,1-2H3,(H,19,20). The van der Waals surface area contributed by atoms with E-state index >= 15 is 0 Å². The lowest BCUT2D eigenvalue weighted by Gasteiger charge is -2.30. The number of imidazole rings is 1. The van der Waals surface area contributed by atoms with Crippen LogP contribution in [0.25, 0.3) is 16.2 Å². The highest BCUT2D eigenvalue weighted by atomic mass is 32.2. The molecule has 0 amide bonds. The van der Waals surface area contributed by atoms with Gasteiger partial charge in [-0.25, -0.2) is 22.2 Å². The van der Waals surface area contributed by atoms with Crippen molar-refractivity contribution in [2.24, 2.45) is 0 Å². The number of fused-ring (bicyclic) bond motifs is 1. The Morgan fingerprint density at radius 3 is 2.74 bits per heavy atom. The molecule has 0 unspecified atom stereocenters. The number of ether oxygens (including phenoxy) is 1. The van der Waals surface area contributed by atoms with E-state index in [0.29, 0.717) is 18.8 Å². The van der Waals surface area contributed by atoms with Crippen molar-refractivity contribution in [3.8, 4) is 17.0 Å². The summed E-state index contributed by atoms with van der Waals surface area (Å²) in [5, 5.41) is 8.81. The number of rotatable bonds is 5. The maximum absolute atomic E-state index is 11.6. The van der Waals surface area contributed by atoms with Gasteiger partial charge in [0, 0.05) is 30.9 Å². The van der Waals surface area contributed by atoms with Crippen LogP contribution in [0, 0.1) is 0 Å². The molecule has 0 aliphatic carbocycles. The minimum atomic E-state index is -3.11. The van der Waals surface area contributed by atoms with Crippen LogP contribution in [0.3, 0.4) is 0 Å². The molecule has 3 aromatic heterocycles. The molecule has 1 fully saturated rings. The molecule has 144 valence electrons. The molecule has 1 aliphatic rings. The van der Waals surface area contributed by atoms with Gasteiger partial charge in [0.05, 0.1) is 31.5 Å². The molecule has 0 radical (unpaired) electrons. The third-order valence-corrected chi connectivity index (χ3v) is 6.74. The Kier molecular flexibility index (Phi) is 4.74. The van der Waals surface area contributed by atoms with E-state index in [4.69, 9.17) is 4.74 Å². The van der Waals surface area contributed by atoms with Crippen molar-refractivity contribution < 1.29 is 13.2 Å². The zero-order valence-corrected chi connectivity index (χ0v) is 16.6. The molecule has 0 spiro atoms. The number of methoxy groups -OCH3 is 1.